The van der Waals surface area contributed by atoms with Crippen LogP contribution in [0.25, 0.3) is 0 Å². The fourth-order valence-electron chi connectivity index (χ4n) is 0.897. The molecule has 0 aliphatic rings. The third-order valence-electron chi connectivity index (χ3n) is 1.45. The van der Waals surface area contributed by atoms with Crippen LogP contribution < -0.4 is 0 Å². The molecule has 1 rings (SSSR count). The van der Waals surface area contributed by atoms with Gasteiger partial charge in [0.2, 0.25) is 0 Å². The van der Waals surface area contributed by atoms with E-state index in [2.05, 4.69) is 12.6 Å². The summed E-state index contributed by atoms with van der Waals surface area (Å²) in [5.74, 6) is -0.157. The van der Waals surface area contributed by atoms with Crippen LogP contribution in [0.4, 0.5) is 4.39 Å². The smallest absolute Gasteiger partial charge is 0.127 e. The molecular formula is C8H9FS. The van der Waals surface area contributed by atoms with Gasteiger partial charge in [-0.15, -0.1) is 12.6 Å². The lowest BCUT2D eigenvalue weighted by atomic mass is 10.1. The molecule has 0 saturated heterocycles. The summed E-state index contributed by atoms with van der Waals surface area (Å²) in [6.45, 7) is 1.91. The van der Waals surface area contributed by atoms with Crippen molar-refractivity contribution < 1.29 is 4.39 Å². The summed E-state index contributed by atoms with van der Waals surface area (Å²) in [7, 11) is 0. The molecule has 0 spiro atoms. The maximum Gasteiger partial charge on any atom is 0.127 e. The Balaban J connectivity index is 3.17. The van der Waals surface area contributed by atoms with Crippen LogP contribution in [-0.4, -0.2) is 0 Å². The van der Waals surface area contributed by atoms with E-state index in [1.807, 2.05) is 6.92 Å². The predicted octanol–water partition coefficient (Wildman–Crippen LogP) is 2.68. The molecule has 0 fully saturated rings. The molecule has 0 N–H and O–H groups in total. The van der Waals surface area contributed by atoms with Crippen molar-refractivity contribution in [1.29, 1.82) is 0 Å². The van der Waals surface area contributed by atoms with E-state index in [4.69, 9.17) is 0 Å². The van der Waals surface area contributed by atoms with Crippen molar-refractivity contribution in [2.24, 2.45) is 0 Å². The largest absolute Gasteiger partial charge is 0.207 e. The van der Waals surface area contributed by atoms with E-state index in [9.17, 15) is 4.39 Å². The van der Waals surface area contributed by atoms with Crippen LogP contribution in [0.2, 0.25) is 0 Å². The third-order valence-corrected chi connectivity index (χ3v) is 1.87. The first kappa shape index (κ1) is 7.61. The van der Waals surface area contributed by atoms with Crippen molar-refractivity contribution in [2.45, 2.75) is 18.2 Å². The van der Waals surface area contributed by atoms with E-state index in [1.165, 1.54) is 6.07 Å². The Morgan fingerprint density at radius 3 is 2.60 bits per heavy atom. The lowest BCUT2D eigenvalue weighted by Crippen LogP contribution is -1.87. The molecule has 0 bridgehead atoms. The molecule has 0 amide bonds. The zero-order valence-corrected chi connectivity index (χ0v) is 6.66. The van der Waals surface area contributed by atoms with Crippen molar-refractivity contribution in [2.75, 3.05) is 0 Å². The maximum absolute atomic E-state index is 12.8. The van der Waals surface area contributed by atoms with Gasteiger partial charge >= 0.3 is 0 Å². The lowest BCUT2D eigenvalue weighted by molar-refractivity contribution is 0.606. The summed E-state index contributed by atoms with van der Waals surface area (Å²) in [5.41, 5.74) is 0.700. The molecule has 0 aromatic heterocycles. The molecule has 0 aliphatic heterocycles. The van der Waals surface area contributed by atoms with Crippen LogP contribution in [0.5, 0.6) is 0 Å². The molecule has 0 heterocycles. The van der Waals surface area contributed by atoms with Gasteiger partial charge in [0.15, 0.2) is 0 Å². The fraction of sp³-hybridized carbons (Fsp3) is 0.250. The minimum atomic E-state index is -0.157. The summed E-state index contributed by atoms with van der Waals surface area (Å²) in [6.07, 6.45) is 0.700. The van der Waals surface area contributed by atoms with Crippen LogP contribution in [0.15, 0.2) is 23.1 Å². The molecule has 0 radical (unpaired) electrons. The normalized spacial score (nSPS) is 9.90. The molecule has 0 atom stereocenters. The number of halogens is 1. The minimum absolute atomic E-state index is 0.157. The number of hydrogen-bond donors (Lipinski definition) is 1. The highest BCUT2D eigenvalue weighted by molar-refractivity contribution is 7.80. The van der Waals surface area contributed by atoms with Crippen LogP contribution in [0, 0.1) is 5.82 Å². The third kappa shape index (κ3) is 1.32. The van der Waals surface area contributed by atoms with Gasteiger partial charge < -0.3 is 0 Å². The number of thiol groups is 1. The fourth-order valence-corrected chi connectivity index (χ4v) is 1.25. The Bertz CT molecular complexity index is 212. The van der Waals surface area contributed by atoms with E-state index in [0.717, 1.165) is 4.90 Å². The SMILES string of the molecule is CCc1c(F)cccc1S. The van der Waals surface area contributed by atoms with Gasteiger partial charge in [-0.25, -0.2) is 4.39 Å². The standard InChI is InChI=1S/C8H9FS/c1-2-6-7(9)4-3-5-8(6)10/h3-5,10H,2H2,1H3. The van der Waals surface area contributed by atoms with Crippen LogP contribution in [0.3, 0.4) is 0 Å². The van der Waals surface area contributed by atoms with Gasteiger partial charge in [0.1, 0.15) is 5.82 Å². The Kier molecular flexibility index (Phi) is 2.33. The quantitative estimate of drug-likeness (QED) is 0.594. The molecule has 2 heteroatoms. The van der Waals surface area contributed by atoms with Gasteiger partial charge in [0.05, 0.1) is 0 Å². The Hall–Kier alpha value is -0.500. The van der Waals surface area contributed by atoms with E-state index < -0.39 is 0 Å². The van der Waals surface area contributed by atoms with Gasteiger partial charge in [-0.2, -0.15) is 0 Å². The predicted molar refractivity (Wildman–Crippen MR) is 43.0 cm³/mol. The molecule has 54 valence electrons. The molecule has 0 unspecified atom stereocenters. The van der Waals surface area contributed by atoms with Crippen molar-refractivity contribution in [3.05, 3.63) is 29.6 Å². The molecule has 0 nitrogen and oxygen atoms in total. The second-order valence-corrected chi connectivity index (χ2v) is 2.57. The van der Waals surface area contributed by atoms with Gasteiger partial charge in [-0.3, -0.25) is 0 Å². The Morgan fingerprint density at radius 1 is 1.50 bits per heavy atom. The highest BCUT2D eigenvalue weighted by Crippen LogP contribution is 2.16. The summed E-state index contributed by atoms with van der Waals surface area (Å²) in [5, 5.41) is 0. The molecule has 1 aromatic rings. The van der Waals surface area contributed by atoms with E-state index in [0.29, 0.717) is 12.0 Å². The van der Waals surface area contributed by atoms with Crippen LogP contribution in [-0.2, 0) is 6.42 Å². The number of rotatable bonds is 1. The zero-order valence-electron chi connectivity index (χ0n) is 5.76. The Morgan fingerprint density at radius 2 is 2.20 bits per heavy atom. The van der Waals surface area contributed by atoms with Crippen LogP contribution >= 0.6 is 12.6 Å². The average Bonchev–Trinajstić information content (AvgIpc) is 1.88. The second-order valence-electron chi connectivity index (χ2n) is 2.09. The molecule has 1 aromatic carbocycles. The van der Waals surface area contributed by atoms with E-state index in [1.54, 1.807) is 12.1 Å². The highest BCUT2D eigenvalue weighted by Gasteiger charge is 2.00. The summed E-state index contributed by atoms with van der Waals surface area (Å²) < 4.78 is 12.8. The van der Waals surface area contributed by atoms with Crippen LogP contribution in [0.1, 0.15) is 12.5 Å². The van der Waals surface area contributed by atoms with Gasteiger partial charge in [-0.1, -0.05) is 13.0 Å². The van der Waals surface area contributed by atoms with Crippen molar-refractivity contribution >= 4 is 12.6 Å². The summed E-state index contributed by atoms with van der Waals surface area (Å²) in [6, 6.07) is 4.92. The molecule has 0 aliphatic carbocycles. The minimum Gasteiger partial charge on any atom is -0.207 e. The molecule has 10 heavy (non-hydrogen) atoms. The lowest BCUT2D eigenvalue weighted by Gasteiger charge is -2.00. The van der Waals surface area contributed by atoms with Crippen molar-refractivity contribution in [3.8, 4) is 0 Å². The monoisotopic (exact) mass is 156 g/mol. The van der Waals surface area contributed by atoms with Gasteiger partial charge in [-0.05, 0) is 18.6 Å². The number of hydrogen-bond acceptors (Lipinski definition) is 1. The topological polar surface area (TPSA) is 0 Å². The van der Waals surface area contributed by atoms with E-state index in [-0.39, 0.29) is 5.82 Å². The van der Waals surface area contributed by atoms with E-state index >= 15 is 0 Å². The first-order valence-corrected chi connectivity index (χ1v) is 3.66. The van der Waals surface area contributed by atoms with Crippen molar-refractivity contribution in [3.63, 3.8) is 0 Å². The Labute approximate surface area is 65.5 Å². The second kappa shape index (κ2) is 3.06. The maximum atomic E-state index is 12.8. The zero-order chi connectivity index (χ0) is 7.56. The highest BCUT2D eigenvalue weighted by atomic mass is 32.1. The van der Waals surface area contributed by atoms with Gasteiger partial charge in [0.25, 0.3) is 0 Å². The average molecular weight is 156 g/mol. The van der Waals surface area contributed by atoms with Gasteiger partial charge in [0, 0.05) is 10.5 Å². The first-order valence-electron chi connectivity index (χ1n) is 3.22. The summed E-state index contributed by atoms with van der Waals surface area (Å²) in [4.78, 5) is 0.738. The summed E-state index contributed by atoms with van der Waals surface area (Å²) >= 11 is 4.11. The number of benzene rings is 1. The van der Waals surface area contributed by atoms with Crippen molar-refractivity contribution in [1.82, 2.24) is 0 Å². The molecular weight excluding hydrogens is 147 g/mol. The first-order chi connectivity index (χ1) is 4.75. The molecule has 0 saturated carbocycles.